The van der Waals surface area contributed by atoms with Gasteiger partial charge in [0.15, 0.2) is 6.61 Å². The Labute approximate surface area is 263 Å². The van der Waals surface area contributed by atoms with Crippen molar-refractivity contribution in [1.82, 2.24) is 4.90 Å². The summed E-state index contributed by atoms with van der Waals surface area (Å²) in [7, 11) is 1.63. The minimum atomic E-state index is -0.499. The Bertz CT molecular complexity index is 1530. The molecule has 6 rings (SSSR count). The Morgan fingerprint density at radius 3 is 2.42 bits per heavy atom. The fourth-order valence-electron chi connectivity index (χ4n) is 6.81. The molecule has 45 heavy (non-hydrogen) atoms. The van der Waals surface area contributed by atoms with Gasteiger partial charge < -0.3 is 34.6 Å². The van der Waals surface area contributed by atoms with Gasteiger partial charge in [-0.2, -0.15) is 0 Å². The Balaban J connectivity index is 1.15. The Morgan fingerprint density at radius 2 is 1.73 bits per heavy atom. The zero-order chi connectivity index (χ0) is 31.5. The van der Waals surface area contributed by atoms with Crippen molar-refractivity contribution >= 4 is 29.3 Å². The van der Waals surface area contributed by atoms with E-state index >= 15 is 0 Å². The molecule has 0 aromatic heterocycles. The van der Waals surface area contributed by atoms with Crippen molar-refractivity contribution in [1.29, 1.82) is 0 Å². The second kappa shape index (κ2) is 13.3. The van der Waals surface area contributed by atoms with E-state index in [0.29, 0.717) is 56.2 Å². The number of amides is 3. The maximum atomic E-state index is 14.0. The number of nitrogens with two attached hydrogens (primary N) is 1. The first kappa shape index (κ1) is 30.6. The molecule has 2 aliphatic heterocycles. The van der Waals surface area contributed by atoms with Gasteiger partial charge in [0.05, 0.1) is 11.6 Å². The molecule has 2 heterocycles. The third-order valence-electron chi connectivity index (χ3n) is 8.94. The summed E-state index contributed by atoms with van der Waals surface area (Å²) in [6, 6.07) is 21.5. The summed E-state index contributed by atoms with van der Waals surface area (Å²) in [5.74, 6) is -0.219. The van der Waals surface area contributed by atoms with Crippen LogP contribution in [-0.4, -0.2) is 82.0 Å². The molecule has 1 fully saturated rings. The van der Waals surface area contributed by atoms with Crippen molar-refractivity contribution in [3.63, 3.8) is 0 Å². The second-order valence-electron chi connectivity index (χ2n) is 11.8. The molecule has 0 saturated carbocycles. The van der Waals surface area contributed by atoms with Crippen LogP contribution < -0.4 is 20.3 Å². The maximum Gasteiger partial charge on any atom is 0.409 e. The number of methoxy groups -OCH3 is 1. The smallest absolute Gasteiger partial charge is 0.409 e. The second-order valence-corrected chi connectivity index (χ2v) is 11.8. The van der Waals surface area contributed by atoms with Gasteiger partial charge in [-0.25, -0.2) is 4.79 Å². The number of hydrogen-bond acceptors (Lipinski definition) is 7. The van der Waals surface area contributed by atoms with Crippen LogP contribution in [0.1, 0.15) is 36.8 Å². The molecule has 0 radical (unpaired) electrons. The summed E-state index contributed by atoms with van der Waals surface area (Å²) in [6.45, 7) is 4.04. The van der Waals surface area contributed by atoms with Crippen LogP contribution >= 0.6 is 0 Å². The lowest BCUT2D eigenvalue weighted by atomic mass is 9.93. The molecule has 1 saturated heterocycles. The van der Waals surface area contributed by atoms with Gasteiger partial charge in [-0.3, -0.25) is 9.59 Å². The van der Waals surface area contributed by atoms with Crippen molar-refractivity contribution < 1.29 is 28.6 Å². The van der Waals surface area contributed by atoms with Crippen LogP contribution in [0.15, 0.2) is 66.7 Å². The molecule has 1 aliphatic carbocycles. The number of hydrogen-bond donors (Lipinski definition) is 1. The molecule has 3 aliphatic rings. The quantitative estimate of drug-likeness (QED) is 0.356. The molecule has 2 unspecified atom stereocenters. The van der Waals surface area contributed by atoms with Crippen LogP contribution in [0.3, 0.4) is 0 Å². The highest BCUT2D eigenvalue weighted by Crippen LogP contribution is 2.44. The number of fused-ring (bicyclic) bond motifs is 4. The average Bonchev–Trinajstić information content (AvgIpc) is 3.38. The number of likely N-dealkylation sites (tertiary alicyclic amines) is 1. The molecule has 0 spiro atoms. The minimum absolute atomic E-state index is 0.0264. The number of carbonyl (C=O) groups excluding carboxylic acids is 3. The summed E-state index contributed by atoms with van der Waals surface area (Å²) in [6.07, 6.45) is 0.663. The standard InChI is InChI=1S/C35H40N4O6/c1-3-38(25-13-14-32-31(18-25)39(15-8-16-43-2)33(40)22-44-32)34(41)23-17-24(36)20-37(19-23)35(42)45-21-30-28-11-6-4-9-26(28)27-10-5-7-12-29(27)30/h4-7,9-14,18,23-24,30H,3,8,15-17,19-22,36H2,1-2H3. The minimum Gasteiger partial charge on any atom is -0.482 e. The van der Waals surface area contributed by atoms with Crippen LogP contribution in [0.25, 0.3) is 11.1 Å². The first-order chi connectivity index (χ1) is 21.9. The highest BCUT2D eigenvalue weighted by Gasteiger charge is 2.37. The third kappa shape index (κ3) is 6.12. The predicted octanol–water partition coefficient (Wildman–Crippen LogP) is 4.40. The summed E-state index contributed by atoms with van der Waals surface area (Å²) < 4.78 is 16.7. The Hall–Kier alpha value is -4.41. The molecule has 10 heteroatoms. The molecule has 2 N–H and O–H groups in total. The molecule has 3 aromatic carbocycles. The van der Waals surface area contributed by atoms with Crippen LogP contribution in [0, 0.1) is 5.92 Å². The van der Waals surface area contributed by atoms with Crippen molar-refractivity contribution in [2.24, 2.45) is 11.7 Å². The molecule has 3 aromatic rings. The lowest BCUT2D eigenvalue weighted by Crippen LogP contribution is -2.53. The zero-order valence-electron chi connectivity index (χ0n) is 25.8. The molecule has 10 nitrogen and oxygen atoms in total. The maximum absolute atomic E-state index is 14.0. The molecule has 3 amide bonds. The highest BCUT2D eigenvalue weighted by atomic mass is 16.6. The van der Waals surface area contributed by atoms with Gasteiger partial charge in [0, 0.05) is 57.5 Å². The van der Waals surface area contributed by atoms with E-state index in [1.54, 1.807) is 27.9 Å². The first-order valence-electron chi connectivity index (χ1n) is 15.6. The van der Waals surface area contributed by atoms with Gasteiger partial charge in [0.25, 0.3) is 5.91 Å². The van der Waals surface area contributed by atoms with E-state index in [1.165, 1.54) is 0 Å². The number of benzene rings is 3. The molecular formula is C35H40N4O6. The monoisotopic (exact) mass is 612 g/mol. The highest BCUT2D eigenvalue weighted by molar-refractivity contribution is 6.00. The van der Waals surface area contributed by atoms with Crippen LogP contribution in [0.4, 0.5) is 16.2 Å². The van der Waals surface area contributed by atoms with E-state index < -0.39 is 12.0 Å². The molecule has 236 valence electrons. The van der Waals surface area contributed by atoms with Gasteiger partial charge in [0.2, 0.25) is 5.91 Å². The van der Waals surface area contributed by atoms with Gasteiger partial charge in [0.1, 0.15) is 12.4 Å². The summed E-state index contributed by atoms with van der Waals surface area (Å²) in [4.78, 5) is 45.0. The molecular weight excluding hydrogens is 572 g/mol. The van der Waals surface area contributed by atoms with Gasteiger partial charge in [-0.05, 0) is 60.2 Å². The van der Waals surface area contributed by atoms with Crippen molar-refractivity contribution in [2.75, 3.05) is 62.9 Å². The van der Waals surface area contributed by atoms with Gasteiger partial charge >= 0.3 is 6.09 Å². The summed E-state index contributed by atoms with van der Waals surface area (Å²) in [5.41, 5.74) is 12.3. The lowest BCUT2D eigenvalue weighted by Gasteiger charge is -2.37. The summed E-state index contributed by atoms with van der Waals surface area (Å²) in [5, 5.41) is 0. The largest absolute Gasteiger partial charge is 0.482 e. The number of carbonyl (C=O) groups is 3. The Morgan fingerprint density at radius 1 is 1.02 bits per heavy atom. The number of rotatable bonds is 9. The van der Waals surface area contributed by atoms with Crippen molar-refractivity contribution in [2.45, 2.75) is 31.7 Å². The van der Waals surface area contributed by atoms with E-state index in [-0.39, 0.29) is 43.5 Å². The molecule has 2 atom stereocenters. The topological polar surface area (TPSA) is 115 Å². The SMILES string of the molecule is CCN(C(=O)C1CC(N)CN(C(=O)OCC2c3ccccc3-c3ccccc32)C1)c1ccc2c(c1)N(CCCOC)C(=O)CO2. The number of ether oxygens (including phenoxy) is 3. The van der Waals surface area contributed by atoms with Crippen molar-refractivity contribution in [3.05, 3.63) is 77.9 Å². The lowest BCUT2D eigenvalue weighted by molar-refractivity contribution is -0.124. The normalized spacial score (nSPS) is 19.0. The van der Waals surface area contributed by atoms with E-state index in [1.807, 2.05) is 43.3 Å². The van der Waals surface area contributed by atoms with Crippen LogP contribution in [0.2, 0.25) is 0 Å². The first-order valence-corrected chi connectivity index (χ1v) is 15.6. The molecule has 0 bridgehead atoms. The van der Waals surface area contributed by atoms with E-state index in [9.17, 15) is 14.4 Å². The predicted molar refractivity (Wildman–Crippen MR) is 172 cm³/mol. The fraction of sp³-hybridized carbons (Fsp3) is 0.400. The number of nitrogens with zero attached hydrogens (tertiary/aromatic N) is 3. The van der Waals surface area contributed by atoms with Crippen molar-refractivity contribution in [3.8, 4) is 16.9 Å². The summed E-state index contributed by atoms with van der Waals surface area (Å²) >= 11 is 0. The van der Waals surface area contributed by atoms with Gasteiger partial charge in [-0.1, -0.05) is 48.5 Å². The fourth-order valence-corrected chi connectivity index (χ4v) is 6.81. The average molecular weight is 613 g/mol. The number of piperidine rings is 1. The van der Waals surface area contributed by atoms with Crippen LogP contribution in [0.5, 0.6) is 5.75 Å². The number of anilines is 2. The third-order valence-corrected chi connectivity index (χ3v) is 8.94. The van der Waals surface area contributed by atoms with E-state index in [2.05, 4.69) is 24.3 Å². The Kier molecular flexibility index (Phi) is 9.04. The van der Waals surface area contributed by atoms with E-state index in [4.69, 9.17) is 19.9 Å². The van der Waals surface area contributed by atoms with Crippen LogP contribution in [-0.2, 0) is 19.1 Å². The zero-order valence-corrected chi connectivity index (χ0v) is 25.8. The van der Waals surface area contributed by atoms with Gasteiger partial charge in [-0.15, -0.1) is 0 Å². The van der Waals surface area contributed by atoms with E-state index in [0.717, 1.165) is 22.3 Å².